The number of nitrogens with zero attached hydrogens (tertiary/aromatic N) is 2. The number of rotatable bonds is 6. The molecule has 2 aliphatic heterocycles. The third kappa shape index (κ3) is 5.91. The molecule has 0 bridgehead atoms. The second-order valence-electron chi connectivity index (χ2n) is 15.9. The Labute approximate surface area is 263 Å². The lowest BCUT2D eigenvalue weighted by atomic mass is 9.70. The number of imide groups is 2. The second kappa shape index (κ2) is 12.8. The molecule has 5 saturated carbocycles. The minimum atomic E-state index is -0.457. The van der Waals surface area contributed by atoms with Crippen LogP contribution in [-0.2, 0) is 28.7 Å². The van der Waals surface area contributed by atoms with Gasteiger partial charge in [-0.25, -0.2) is 0 Å². The minimum absolute atomic E-state index is 0.0878. The fourth-order valence-electron chi connectivity index (χ4n) is 10.6. The van der Waals surface area contributed by atoms with Crippen LogP contribution in [0.25, 0.3) is 0 Å². The number of hydrogen-bond donors (Lipinski definition) is 0. The highest BCUT2D eigenvalue weighted by Crippen LogP contribution is 2.49. The van der Waals surface area contributed by atoms with Crippen molar-refractivity contribution in [1.29, 1.82) is 0 Å². The molecule has 0 aromatic heterocycles. The van der Waals surface area contributed by atoms with E-state index in [9.17, 15) is 19.2 Å². The van der Waals surface area contributed by atoms with Crippen LogP contribution < -0.4 is 0 Å². The van der Waals surface area contributed by atoms with Crippen molar-refractivity contribution in [3.05, 3.63) is 0 Å². The van der Waals surface area contributed by atoms with Crippen LogP contribution in [0.15, 0.2) is 0 Å². The molecule has 0 aromatic rings. The maximum absolute atomic E-state index is 13.6. The molecule has 5 aliphatic carbocycles. The van der Waals surface area contributed by atoms with Gasteiger partial charge in [0.2, 0.25) is 23.6 Å². The van der Waals surface area contributed by atoms with Gasteiger partial charge in [0.15, 0.2) is 0 Å². The van der Waals surface area contributed by atoms with Crippen LogP contribution in [0.5, 0.6) is 0 Å². The van der Waals surface area contributed by atoms with E-state index in [0.29, 0.717) is 31.5 Å². The molecule has 4 amide bonds. The van der Waals surface area contributed by atoms with Crippen LogP contribution in [0.1, 0.15) is 122 Å². The van der Waals surface area contributed by atoms with Gasteiger partial charge in [-0.05, 0) is 120 Å². The molecule has 2 heterocycles. The topological polar surface area (TPSA) is 93.2 Å². The van der Waals surface area contributed by atoms with Crippen molar-refractivity contribution in [3.63, 3.8) is 0 Å². The van der Waals surface area contributed by atoms with Gasteiger partial charge in [-0.3, -0.25) is 29.0 Å². The predicted octanol–water partition coefficient (Wildman–Crippen LogP) is 5.65. The fraction of sp³-hybridized carbons (Fsp3) is 0.889. The van der Waals surface area contributed by atoms with Gasteiger partial charge in [-0.15, -0.1) is 0 Å². The monoisotopic (exact) mass is 610 g/mol. The number of likely N-dealkylation sites (tertiary alicyclic amines) is 2. The molecule has 0 radical (unpaired) electrons. The van der Waals surface area contributed by atoms with E-state index in [2.05, 4.69) is 6.92 Å². The number of amides is 4. The molecule has 2 saturated heterocycles. The summed E-state index contributed by atoms with van der Waals surface area (Å²) in [6.45, 7) is 2.37. The molecule has 244 valence electrons. The molecule has 8 nitrogen and oxygen atoms in total. The Hall–Kier alpha value is -1.80. The van der Waals surface area contributed by atoms with E-state index in [1.54, 1.807) is 0 Å². The third-order valence-corrected chi connectivity index (χ3v) is 13.1. The smallest absolute Gasteiger partial charge is 0.233 e. The second-order valence-corrected chi connectivity index (χ2v) is 15.9. The number of carbonyl (C=O) groups excluding carboxylic acids is 4. The SMILES string of the molecule is CC1CCCC(OC2CCC(C3CCC(OC4CCCC(N5C(=O)C6CC7C(=O)N(C)C(=O)C7CC6C5=O)C4)CC3)CC2)C1. The van der Waals surface area contributed by atoms with Crippen LogP contribution >= 0.6 is 0 Å². The summed E-state index contributed by atoms with van der Waals surface area (Å²) >= 11 is 0. The predicted molar refractivity (Wildman–Crippen MR) is 164 cm³/mol. The Morgan fingerprint density at radius 3 is 1.45 bits per heavy atom. The Balaban J connectivity index is 0.865. The number of hydrogen-bond acceptors (Lipinski definition) is 6. The zero-order chi connectivity index (χ0) is 30.5. The van der Waals surface area contributed by atoms with E-state index < -0.39 is 23.7 Å². The fourth-order valence-corrected chi connectivity index (χ4v) is 10.6. The molecule has 8 unspecified atom stereocenters. The summed E-state index contributed by atoms with van der Waals surface area (Å²) < 4.78 is 13.3. The van der Waals surface area contributed by atoms with E-state index in [1.165, 1.54) is 81.1 Å². The van der Waals surface area contributed by atoms with E-state index in [4.69, 9.17) is 9.47 Å². The Kier molecular flexibility index (Phi) is 8.95. The van der Waals surface area contributed by atoms with E-state index in [-0.39, 0.29) is 41.9 Å². The summed E-state index contributed by atoms with van der Waals surface area (Å²) in [6.07, 6.45) is 20.5. The van der Waals surface area contributed by atoms with E-state index >= 15 is 0 Å². The highest BCUT2D eigenvalue weighted by atomic mass is 16.5. The Morgan fingerprint density at radius 1 is 0.500 bits per heavy atom. The first-order valence-corrected chi connectivity index (χ1v) is 18.3. The average molecular weight is 611 g/mol. The lowest BCUT2D eigenvalue weighted by molar-refractivity contribution is -0.145. The van der Waals surface area contributed by atoms with Gasteiger partial charge in [0.25, 0.3) is 0 Å². The van der Waals surface area contributed by atoms with Gasteiger partial charge < -0.3 is 9.47 Å². The van der Waals surface area contributed by atoms with E-state index in [1.807, 2.05) is 0 Å². The Bertz CT molecular complexity index is 1070. The zero-order valence-corrected chi connectivity index (χ0v) is 27.0. The van der Waals surface area contributed by atoms with Gasteiger partial charge in [0, 0.05) is 13.1 Å². The minimum Gasteiger partial charge on any atom is -0.375 e. The first kappa shape index (κ1) is 30.8. The lowest BCUT2D eigenvalue weighted by Crippen LogP contribution is -2.45. The number of carbonyl (C=O) groups is 4. The van der Waals surface area contributed by atoms with Gasteiger partial charge in [0.05, 0.1) is 48.1 Å². The number of ether oxygens (including phenoxy) is 2. The van der Waals surface area contributed by atoms with Crippen molar-refractivity contribution in [3.8, 4) is 0 Å². The summed E-state index contributed by atoms with van der Waals surface area (Å²) in [5, 5.41) is 0. The standard InChI is InChI=1S/C36H54N2O6/c1-21-5-3-7-27(17-21)43-25-13-9-22(10-14-25)23-11-15-26(16-12-23)44-28-8-4-6-24(18-28)38-35(41)31-19-29-30(20-32(31)36(38)42)34(40)37(2)33(29)39/h21-32H,3-20H2,1-2H3. The molecule has 0 aromatic carbocycles. The van der Waals surface area contributed by atoms with Crippen LogP contribution in [0.2, 0.25) is 0 Å². The maximum Gasteiger partial charge on any atom is 0.233 e. The molecule has 7 fully saturated rings. The molecule has 8 heteroatoms. The van der Waals surface area contributed by atoms with Crippen molar-refractivity contribution in [2.75, 3.05) is 7.05 Å². The largest absolute Gasteiger partial charge is 0.375 e. The quantitative estimate of drug-likeness (QED) is 0.361. The van der Waals surface area contributed by atoms with Gasteiger partial charge in [-0.1, -0.05) is 19.8 Å². The summed E-state index contributed by atoms with van der Waals surface area (Å²) in [5.41, 5.74) is 0. The average Bonchev–Trinajstić information content (AvgIpc) is 3.40. The first-order chi connectivity index (χ1) is 21.3. The summed E-state index contributed by atoms with van der Waals surface area (Å²) in [7, 11) is 1.52. The molecule has 8 atom stereocenters. The van der Waals surface area contributed by atoms with Crippen LogP contribution in [0, 0.1) is 41.4 Å². The molecule has 44 heavy (non-hydrogen) atoms. The van der Waals surface area contributed by atoms with Gasteiger partial charge >= 0.3 is 0 Å². The lowest BCUT2D eigenvalue weighted by Gasteiger charge is -2.40. The third-order valence-electron chi connectivity index (χ3n) is 13.1. The number of fused-ring (bicyclic) bond motifs is 2. The highest BCUT2D eigenvalue weighted by Gasteiger charge is 2.60. The summed E-state index contributed by atoms with van der Waals surface area (Å²) in [5.74, 6) is 0.0390. The first-order valence-electron chi connectivity index (χ1n) is 18.3. The van der Waals surface area contributed by atoms with Crippen molar-refractivity contribution in [1.82, 2.24) is 9.80 Å². The highest BCUT2D eigenvalue weighted by molar-refractivity contribution is 6.09. The normalized spacial score (nSPS) is 45.0. The van der Waals surface area contributed by atoms with Crippen molar-refractivity contribution in [2.45, 2.75) is 153 Å². The molecular formula is C36H54N2O6. The zero-order valence-electron chi connectivity index (χ0n) is 27.0. The van der Waals surface area contributed by atoms with Crippen LogP contribution in [0.4, 0.5) is 0 Å². The van der Waals surface area contributed by atoms with Crippen LogP contribution in [-0.4, -0.2) is 70.9 Å². The van der Waals surface area contributed by atoms with Crippen molar-refractivity contribution >= 4 is 23.6 Å². The van der Waals surface area contributed by atoms with Gasteiger partial charge in [0.1, 0.15) is 0 Å². The summed E-state index contributed by atoms with van der Waals surface area (Å²) in [4.78, 5) is 55.1. The van der Waals surface area contributed by atoms with Crippen molar-refractivity contribution in [2.24, 2.45) is 41.4 Å². The molecule has 0 N–H and O–H groups in total. The maximum atomic E-state index is 13.6. The summed E-state index contributed by atoms with van der Waals surface area (Å²) in [6, 6.07) is -0.126. The molecule has 7 aliphatic rings. The molecule has 7 rings (SSSR count). The molecular weight excluding hydrogens is 556 g/mol. The molecule has 0 spiro atoms. The van der Waals surface area contributed by atoms with Crippen molar-refractivity contribution < 1.29 is 28.7 Å². The van der Waals surface area contributed by atoms with Crippen LogP contribution in [0.3, 0.4) is 0 Å². The van der Waals surface area contributed by atoms with Gasteiger partial charge in [-0.2, -0.15) is 0 Å². The Morgan fingerprint density at radius 2 is 0.955 bits per heavy atom. The van der Waals surface area contributed by atoms with E-state index in [0.717, 1.165) is 49.9 Å².